The van der Waals surface area contributed by atoms with Crippen molar-refractivity contribution in [3.8, 4) is 0 Å². The highest BCUT2D eigenvalue weighted by atomic mass is 14.6. The Morgan fingerprint density at radius 2 is 1.80 bits per heavy atom. The Hall–Kier alpha value is -0.520. The van der Waals surface area contributed by atoms with Gasteiger partial charge < -0.3 is 0 Å². The van der Waals surface area contributed by atoms with Gasteiger partial charge in [-0.05, 0) is 56.8 Å². The summed E-state index contributed by atoms with van der Waals surface area (Å²) < 4.78 is 0. The van der Waals surface area contributed by atoms with Crippen LogP contribution in [0.4, 0.5) is 0 Å². The van der Waals surface area contributed by atoms with Gasteiger partial charge in [-0.2, -0.15) is 0 Å². The summed E-state index contributed by atoms with van der Waals surface area (Å²) in [5.41, 5.74) is 3.78. The second-order valence-corrected chi connectivity index (χ2v) is 6.11. The maximum Gasteiger partial charge on any atom is -0.0140 e. The van der Waals surface area contributed by atoms with Gasteiger partial charge in [0.2, 0.25) is 0 Å². The van der Waals surface area contributed by atoms with Gasteiger partial charge in [-0.15, -0.1) is 0 Å². The summed E-state index contributed by atoms with van der Waals surface area (Å²) in [4.78, 5) is 0. The zero-order valence-corrected chi connectivity index (χ0v) is 10.6. The maximum absolute atomic E-state index is 2.55. The van der Waals surface area contributed by atoms with Crippen LogP contribution in [0.15, 0.2) is 23.3 Å². The average Bonchev–Trinajstić information content (AvgIpc) is 2.65. The van der Waals surface area contributed by atoms with Gasteiger partial charge in [0.1, 0.15) is 0 Å². The number of fused-ring (bicyclic) bond motifs is 1. The molecule has 84 valence electrons. The first-order chi connectivity index (χ1) is 7.01. The van der Waals surface area contributed by atoms with Gasteiger partial charge >= 0.3 is 0 Å². The third kappa shape index (κ3) is 2.19. The van der Waals surface area contributed by atoms with Crippen molar-refractivity contribution < 1.29 is 0 Å². The zero-order valence-electron chi connectivity index (χ0n) is 10.6. The highest BCUT2D eigenvalue weighted by molar-refractivity contribution is 5.20. The van der Waals surface area contributed by atoms with Crippen LogP contribution in [0.1, 0.15) is 53.4 Å². The SMILES string of the molecule is C/C1=C/C[C@H]2[C@H](/C=C(/C)CCC1)C2(C)C. The third-order valence-electron chi connectivity index (χ3n) is 4.47. The van der Waals surface area contributed by atoms with Gasteiger partial charge in [-0.1, -0.05) is 37.1 Å². The largest absolute Gasteiger partial charge is 0.0853 e. The molecule has 0 radical (unpaired) electrons. The predicted molar refractivity (Wildman–Crippen MR) is 66.7 cm³/mol. The van der Waals surface area contributed by atoms with Crippen molar-refractivity contribution in [2.75, 3.05) is 0 Å². The summed E-state index contributed by atoms with van der Waals surface area (Å²) >= 11 is 0. The summed E-state index contributed by atoms with van der Waals surface area (Å²) in [7, 11) is 0. The monoisotopic (exact) mass is 204 g/mol. The van der Waals surface area contributed by atoms with Crippen molar-refractivity contribution in [2.45, 2.75) is 53.4 Å². The van der Waals surface area contributed by atoms with Gasteiger partial charge in [0.05, 0.1) is 0 Å². The van der Waals surface area contributed by atoms with Crippen molar-refractivity contribution >= 4 is 0 Å². The summed E-state index contributed by atoms with van der Waals surface area (Å²) in [6.07, 6.45) is 10.3. The van der Waals surface area contributed by atoms with Gasteiger partial charge in [0.15, 0.2) is 0 Å². The standard InChI is InChI=1S/C15H24/c1-11-6-5-7-12(2)10-14-13(9-8-11)15(14,3)4/h8,10,13-14H,5-7,9H2,1-4H3/b11-8-,12-10-/t13-,14-/m0/s1. The van der Waals surface area contributed by atoms with Crippen LogP contribution in [0, 0.1) is 17.3 Å². The molecule has 0 amide bonds. The van der Waals surface area contributed by atoms with E-state index >= 15 is 0 Å². The van der Waals surface area contributed by atoms with E-state index in [9.17, 15) is 0 Å². The smallest absolute Gasteiger partial charge is 0.0140 e. The molecule has 0 aromatic carbocycles. The molecule has 0 heterocycles. The minimum Gasteiger partial charge on any atom is -0.0853 e. The lowest BCUT2D eigenvalue weighted by atomic mass is 10.0. The van der Waals surface area contributed by atoms with E-state index in [0.29, 0.717) is 5.41 Å². The minimum atomic E-state index is 0.558. The zero-order chi connectivity index (χ0) is 11.1. The van der Waals surface area contributed by atoms with E-state index in [4.69, 9.17) is 0 Å². The maximum atomic E-state index is 2.55. The van der Waals surface area contributed by atoms with Gasteiger partial charge in [-0.25, -0.2) is 0 Å². The Kier molecular flexibility index (Phi) is 2.79. The van der Waals surface area contributed by atoms with E-state index in [1.807, 2.05) is 0 Å². The van der Waals surface area contributed by atoms with Crippen molar-refractivity contribution in [3.63, 3.8) is 0 Å². The van der Waals surface area contributed by atoms with Crippen LogP contribution in [0.5, 0.6) is 0 Å². The lowest BCUT2D eigenvalue weighted by molar-refractivity contribution is 0.553. The molecule has 0 nitrogen and oxygen atoms in total. The fraction of sp³-hybridized carbons (Fsp3) is 0.733. The van der Waals surface area contributed by atoms with Crippen LogP contribution in [-0.4, -0.2) is 0 Å². The molecule has 0 heteroatoms. The summed E-state index contributed by atoms with van der Waals surface area (Å²) in [6.45, 7) is 9.46. The molecule has 15 heavy (non-hydrogen) atoms. The fourth-order valence-corrected chi connectivity index (χ4v) is 3.03. The molecule has 2 aliphatic rings. The predicted octanol–water partition coefficient (Wildman–Crippen LogP) is 4.73. The van der Waals surface area contributed by atoms with E-state index in [1.165, 1.54) is 25.7 Å². The fourth-order valence-electron chi connectivity index (χ4n) is 3.03. The molecule has 2 rings (SSSR count). The topological polar surface area (TPSA) is 0 Å². The van der Waals surface area contributed by atoms with Gasteiger partial charge in [0, 0.05) is 0 Å². The Morgan fingerprint density at radius 1 is 1.13 bits per heavy atom. The lowest BCUT2D eigenvalue weighted by Crippen LogP contribution is -1.89. The molecular weight excluding hydrogens is 180 g/mol. The van der Waals surface area contributed by atoms with Crippen LogP contribution in [0.3, 0.4) is 0 Å². The minimum absolute atomic E-state index is 0.558. The van der Waals surface area contributed by atoms with Gasteiger partial charge in [0.25, 0.3) is 0 Å². The van der Waals surface area contributed by atoms with E-state index in [-0.39, 0.29) is 0 Å². The molecule has 0 spiro atoms. The quantitative estimate of drug-likeness (QED) is 0.501. The molecule has 0 N–H and O–H groups in total. The molecule has 0 aromatic heterocycles. The molecule has 0 aliphatic heterocycles. The van der Waals surface area contributed by atoms with Gasteiger partial charge in [-0.3, -0.25) is 0 Å². The Bertz CT molecular complexity index is 304. The first kappa shape index (κ1) is 11.0. The molecule has 1 fully saturated rings. The molecule has 2 atom stereocenters. The van der Waals surface area contributed by atoms with Crippen LogP contribution >= 0.6 is 0 Å². The summed E-state index contributed by atoms with van der Waals surface area (Å²) in [6, 6.07) is 0. The van der Waals surface area contributed by atoms with E-state index in [0.717, 1.165) is 11.8 Å². The van der Waals surface area contributed by atoms with E-state index in [1.54, 1.807) is 11.1 Å². The van der Waals surface area contributed by atoms with Crippen LogP contribution in [-0.2, 0) is 0 Å². The Labute approximate surface area is 94.5 Å². The molecule has 0 bridgehead atoms. The Morgan fingerprint density at radius 3 is 2.53 bits per heavy atom. The number of hydrogen-bond acceptors (Lipinski definition) is 0. The van der Waals surface area contributed by atoms with Crippen molar-refractivity contribution in [2.24, 2.45) is 17.3 Å². The van der Waals surface area contributed by atoms with E-state index in [2.05, 4.69) is 39.8 Å². The summed E-state index contributed by atoms with van der Waals surface area (Å²) in [5.74, 6) is 1.75. The molecule has 1 saturated carbocycles. The molecule has 0 saturated heterocycles. The van der Waals surface area contributed by atoms with Crippen LogP contribution < -0.4 is 0 Å². The summed E-state index contributed by atoms with van der Waals surface area (Å²) in [5, 5.41) is 0. The van der Waals surface area contributed by atoms with Crippen LogP contribution in [0.25, 0.3) is 0 Å². The molecule has 0 unspecified atom stereocenters. The number of rotatable bonds is 0. The highest BCUT2D eigenvalue weighted by Gasteiger charge is 2.55. The molecule has 2 aliphatic carbocycles. The lowest BCUT2D eigenvalue weighted by Gasteiger charge is -2.05. The van der Waals surface area contributed by atoms with Crippen LogP contribution in [0.2, 0.25) is 0 Å². The van der Waals surface area contributed by atoms with Crippen molar-refractivity contribution in [3.05, 3.63) is 23.3 Å². The van der Waals surface area contributed by atoms with E-state index < -0.39 is 0 Å². The normalized spacial score (nSPS) is 41.9. The first-order valence-electron chi connectivity index (χ1n) is 6.34. The number of hydrogen-bond donors (Lipinski definition) is 0. The first-order valence-corrected chi connectivity index (χ1v) is 6.34. The third-order valence-corrected chi connectivity index (χ3v) is 4.47. The van der Waals surface area contributed by atoms with Crippen molar-refractivity contribution in [1.82, 2.24) is 0 Å². The molecule has 0 aromatic rings. The number of allylic oxidation sites excluding steroid dienone is 4. The highest BCUT2D eigenvalue weighted by Crippen LogP contribution is 2.61. The Balaban J connectivity index is 2.14. The van der Waals surface area contributed by atoms with Crippen molar-refractivity contribution in [1.29, 1.82) is 0 Å². The second kappa shape index (κ2) is 3.81. The second-order valence-electron chi connectivity index (χ2n) is 6.11. The average molecular weight is 204 g/mol. The molecular formula is C15H24.